The number of hydrogen-bond acceptors (Lipinski definition) is 6. The first-order chi connectivity index (χ1) is 9.56. The largest absolute Gasteiger partial charge is 2.00 e. The number of carboxylic acids is 2. The van der Waals surface area contributed by atoms with Crippen LogP contribution in [0.15, 0.2) is 58.3 Å². The second kappa shape index (κ2) is 8.12. The number of rotatable bonds is 5. The molecule has 0 atom stereocenters. The van der Waals surface area contributed by atoms with Gasteiger partial charge in [-0.3, -0.25) is 0 Å². The quantitative estimate of drug-likeness (QED) is 0.587. The minimum absolute atomic E-state index is 0. The van der Waals surface area contributed by atoms with Crippen LogP contribution >= 0.6 is 21.6 Å². The van der Waals surface area contributed by atoms with Crippen LogP contribution < -0.4 is 10.2 Å². The molecule has 0 aliphatic rings. The molecule has 0 saturated heterocycles. The van der Waals surface area contributed by atoms with Crippen LogP contribution in [0.2, 0.25) is 0 Å². The Morgan fingerprint density at radius 3 is 1.19 bits per heavy atom. The summed E-state index contributed by atoms with van der Waals surface area (Å²) in [6.45, 7) is 0. The average molecular weight is 363 g/mol. The standard InChI is InChI=1S/C14H10O4S2.Ni/c15-13(16)9-1-5-11(6-2-9)19-20-12-7-3-10(4-8-12)14(17)18;/h1-8H,(H,15,16)(H,17,18);/q;+2/p-2. The van der Waals surface area contributed by atoms with Gasteiger partial charge in [0, 0.05) is 9.79 Å². The van der Waals surface area contributed by atoms with Gasteiger partial charge in [-0.1, -0.05) is 45.9 Å². The number of aromatic carboxylic acids is 2. The Labute approximate surface area is 139 Å². The van der Waals surface area contributed by atoms with Crippen LogP contribution in [-0.2, 0) is 16.5 Å². The molecule has 21 heavy (non-hydrogen) atoms. The zero-order valence-corrected chi connectivity index (χ0v) is 13.0. The van der Waals surface area contributed by atoms with Gasteiger partial charge in [-0.15, -0.1) is 0 Å². The summed E-state index contributed by atoms with van der Waals surface area (Å²) in [7, 11) is 2.90. The third kappa shape index (κ3) is 5.12. The smallest absolute Gasteiger partial charge is 0.545 e. The Hall–Kier alpha value is -1.43. The van der Waals surface area contributed by atoms with E-state index in [1.54, 1.807) is 24.3 Å². The van der Waals surface area contributed by atoms with Gasteiger partial charge in [0.05, 0.1) is 11.9 Å². The number of carboxylic acid groups (broad SMARTS) is 2. The van der Waals surface area contributed by atoms with Gasteiger partial charge in [-0.25, -0.2) is 0 Å². The maximum atomic E-state index is 10.6. The molecule has 0 aliphatic carbocycles. The SMILES string of the molecule is O=C([O-])c1ccc(SSc2ccc(C(=O)[O-])cc2)cc1.[Ni+2]. The Bertz CT molecular complexity index is 569. The molecular formula is C14H8NiO4S2. The van der Waals surface area contributed by atoms with Crippen LogP contribution in [-0.4, -0.2) is 11.9 Å². The maximum absolute atomic E-state index is 10.6. The first-order valence-corrected chi connectivity index (χ1v) is 7.68. The Balaban J connectivity index is 0.00000220. The number of hydrogen-bond donors (Lipinski definition) is 0. The van der Waals surface area contributed by atoms with Gasteiger partial charge in [0.25, 0.3) is 0 Å². The van der Waals surface area contributed by atoms with Crippen LogP contribution in [0, 0.1) is 0 Å². The predicted octanol–water partition coefficient (Wildman–Crippen LogP) is 1.21. The molecule has 0 amide bonds. The van der Waals surface area contributed by atoms with E-state index in [4.69, 9.17) is 0 Å². The number of carbonyl (C=O) groups excluding carboxylic acids is 2. The Kier molecular flexibility index (Phi) is 6.82. The third-order valence-electron chi connectivity index (χ3n) is 2.41. The van der Waals surface area contributed by atoms with E-state index in [-0.39, 0.29) is 27.6 Å². The van der Waals surface area contributed by atoms with Crippen molar-refractivity contribution >= 4 is 33.5 Å². The summed E-state index contributed by atoms with van der Waals surface area (Å²) in [5, 5.41) is 21.2. The van der Waals surface area contributed by atoms with Crippen molar-refractivity contribution in [1.29, 1.82) is 0 Å². The molecule has 2 aromatic rings. The van der Waals surface area contributed by atoms with E-state index in [1.165, 1.54) is 45.9 Å². The zero-order valence-electron chi connectivity index (χ0n) is 10.4. The van der Waals surface area contributed by atoms with Crippen LogP contribution in [0.1, 0.15) is 20.7 Å². The van der Waals surface area contributed by atoms with Crippen molar-refractivity contribution in [1.82, 2.24) is 0 Å². The zero-order chi connectivity index (χ0) is 14.5. The molecule has 0 saturated carbocycles. The summed E-state index contributed by atoms with van der Waals surface area (Å²) < 4.78 is 0. The van der Waals surface area contributed by atoms with Crippen molar-refractivity contribution in [2.75, 3.05) is 0 Å². The number of carbonyl (C=O) groups is 2. The molecule has 0 spiro atoms. The van der Waals surface area contributed by atoms with E-state index in [0.717, 1.165) is 9.79 Å². The molecule has 0 unspecified atom stereocenters. The van der Waals surface area contributed by atoms with E-state index >= 15 is 0 Å². The van der Waals surface area contributed by atoms with Gasteiger partial charge in [0.2, 0.25) is 0 Å². The predicted molar refractivity (Wildman–Crippen MR) is 73.3 cm³/mol. The first kappa shape index (κ1) is 17.6. The normalized spacial score (nSPS) is 9.71. The monoisotopic (exact) mass is 362 g/mol. The van der Waals surface area contributed by atoms with Gasteiger partial charge in [-0.2, -0.15) is 0 Å². The van der Waals surface area contributed by atoms with Crippen molar-refractivity contribution in [3.8, 4) is 0 Å². The fraction of sp³-hybridized carbons (Fsp3) is 0. The molecule has 0 radical (unpaired) electrons. The van der Waals surface area contributed by atoms with Crippen molar-refractivity contribution < 1.29 is 36.3 Å². The van der Waals surface area contributed by atoms with E-state index in [2.05, 4.69) is 0 Å². The van der Waals surface area contributed by atoms with E-state index in [9.17, 15) is 19.8 Å². The third-order valence-corrected chi connectivity index (χ3v) is 4.83. The summed E-state index contributed by atoms with van der Waals surface area (Å²) >= 11 is 0. The van der Waals surface area contributed by atoms with Crippen LogP contribution in [0.4, 0.5) is 0 Å². The Morgan fingerprint density at radius 2 is 0.952 bits per heavy atom. The molecule has 0 N–H and O–H groups in total. The minimum Gasteiger partial charge on any atom is -0.545 e. The maximum Gasteiger partial charge on any atom is 2.00 e. The van der Waals surface area contributed by atoms with Crippen LogP contribution in [0.3, 0.4) is 0 Å². The van der Waals surface area contributed by atoms with E-state index in [0.29, 0.717) is 0 Å². The molecule has 7 heteroatoms. The molecule has 0 aliphatic heterocycles. The summed E-state index contributed by atoms with van der Waals surface area (Å²) in [6, 6.07) is 12.7. The summed E-state index contributed by atoms with van der Waals surface area (Å²) in [5.41, 5.74) is 0.273. The van der Waals surface area contributed by atoms with Crippen LogP contribution in [0.5, 0.6) is 0 Å². The van der Waals surface area contributed by atoms with Crippen molar-refractivity contribution in [2.45, 2.75) is 9.79 Å². The molecule has 0 bridgehead atoms. The van der Waals surface area contributed by atoms with Crippen LogP contribution in [0.25, 0.3) is 0 Å². The minimum atomic E-state index is -1.20. The number of benzene rings is 2. The van der Waals surface area contributed by atoms with Crippen molar-refractivity contribution in [2.24, 2.45) is 0 Å². The van der Waals surface area contributed by atoms with Gasteiger partial charge in [0.15, 0.2) is 0 Å². The topological polar surface area (TPSA) is 80.3 Å². The first-order valence-electron chi connectivity index (χ1n) is 5.53. The molecule has 0 heterocycles. The molecule has 0 fully saturated rings. The van der Waals surface area contributed by atoms with Gasteiger partial charge < -0.3 is 19.8 Å². The summed E-state index contributed by atoms with van der Waals surface area (Å²) in [4.78, 5) is 23.0. The average Bonchev–Trinajstić information content (AvgIpc) is 2.46. The van der Waals surface area contributed by atoms with Gasteiger partial charge >= 0.3 is 16.5 Å². The fourth-order valence-corrected chi connectivity index (χ4v) is 3.32. The molecule has 2 aromatic carbocycles. The van der Waals surface area contributed by atoms with Gasteiger partial charge in [0.1, 0.15) is 0 Å². The van der Waals surface area contributed by atoms with Crippen molar-refractivity contribution in [3.63, 3.8) is 0 Å². The molecule has 2 rings (SSSR count). The molecular weight excluding hydrogens is 355 g/mol. The fourth-order valence-electron chi connectivity index (χ4n) is 1.39. The molecule has 0 aromatic heterocycles. The van der Waals surface area contributed by atoms with E-state index in [1.807, 2.05) is 0 Å². The summed E-state index contributed by atoms with van der Waals surface area (Å²) in [5.74, 6) is -2.40. The summed E-state index contributed by atoms with van der Waals surface area (Å²) in [6.07, 6.45) is 0. The van der Waals surface area contributed by atoms with Gasteiger partial charge in [-0.05, 0) is 35.4 Å². The van der Waals surface area contributed by atoms with Crippen molar-refractivity contribution in [3.05, 3.63) is 59.7 Å². The second-order valence-corrected chi connectivity index (χ2v) is 6.07. The molecule has 4 nitrogen and oxygen atoms in total. The molecule has 110 valence electrons. The Morgan fingerprint density at radius 1 is 0.667 bits per heavy atom. The second-order valence-electron chi connectivity index (χ2n) is 3.79. The van der Waals surface area contributed by atoms with E-state index < -0.39 is 11.9 Å².